The van der Waals surface area contributed by atoms with E-state index in [-0.39, 0.29) is 11.6 Å². The molecule has 0 radical (unpaired) electrons. The van der Waals surface area contributed by atoms with Crippen molar-refractivity contribution in [3.05, 3.63) is 57.6 Å². The van der Waals surface area contributed by atoms with Crippen LogP contribution in [0.5, 0.6) is 11.5 Å². The summed E-state index contributed by atoms with van der Waals surface area (Å²) in [7, 11) is 0. The van der Waals surface area contributed by atoms with E-state index in [1.165, 1.54) is 32.6 Å². The molecule has 2 aromatic carbocycles. The lowest BCUT2D eigenvalue weighted by atomic mass is 9.99. The fraction of sp³-hybridized carbons (Fsp3) is 0.531. The molecule has 0 saturated heterocycles. The molecule has 0 N–H and O–H groups in total. The molecule has 206 valence electrons. The number of aryl methyl sites for hydroxylation is 4. The third kappa shape index (κ3) is 9.27. The molecule has 2 fully saturated rings. The van der Waals surface area contributed by atoms with Gasteiger partial charge in [0.25, 0.3) is 0 Å². The van der Waals surface area contributed by atoms with E-state index in [2.05, 4.69) is 15.9 Å². The highest BCUT2D eigenvalue weighted by Crippen LogP contribution is 2.29. The summed E-state index contributed by atoms with van der Waals surface area (Å²) < 4.78 is 11.9. The Labute approximate surface area is 237 Å². The minimum Gasteiger partial charge on any atom is -0.490 e. The van der Waals surface area contributed by atoms with E-state index in [0.717, 1.165) is 70.6 Å². The van der Waals surface area contributed by atoms with E-state index >= 15 is 0 Å². The first-order valence-corrected chi connectivity index (χ1v) is 14.7. The zero-order chi connectivity index (χ0) is 28.2. The highest BCUT2D eigenvalue weighted by Gasteiger charge is 2.19. The predicted octanol–water partition coefficient (Wildman–Crippen LogP) is 8.56. The first-order valence-electron chi connectivity index (χ1n) is 13.6. The van der Waals surface area contributed by atoms with Gasteiger partial charge in [-0.1, -0.05) is 15.9 Å². The number of ether oxygens (including phenoxy) is 2. The van der Waals surface area contributed by atoms with Gasteiger partial charge in [0.1, 0.15) is 11.5 Å². The summed E-state index contributed by atoms with van der Waals surface area (Å²) in [4.78, 5) is 23.3. The summed E-state index contributed by atoms with van der Waals surface area (Å²) in [6.45, 7) is 11.0. The van der Waals surface area contributed by atoms with Crippen LogP contribution in [0.25, 0.3) is 0 Å². The van der Waals surface area contributed by atoms with Crippen LogP contribution in [0, 0.1) is 39.0 Å². The van der Waals surface area contributed by atoms with Gasteiger partial charge in [-0.25, -0.2) is 0 Å². The topological polar surface area (TPSA) is 76.4 Å². The maximum Gasteiger partial charge on any atom is 0.173 e. The van der Waals surface area contributed by atoms with Gasteiger partial charge in [-0.3, -0.25) is 9.59 Å². The molecule has 2 aromatic rings. The van der Waals surface area contributed by atoms with Gasteiger partial charge in [0.15, 0.2) is 11.6 Å². The molecule has 5 nitrogen and oxygen atoms in total. The molecule has 0 amide bonds. The first kappa shape index (κ1) is 31.6. The number of benzene rings is 2. The van der Waals surface area contributed by atoms with Crippen LogP contribution in [0.2, 0.25) is 0 Å². The second kappa shape index (κ2) is 15.7. The lowest BCUT2D eigenvalue weighted by Crippen LogP contribution is -2.12. The Morgan fingerprint density at radius 2 is 1.11 bits per heavy atom. The highest BCUT2D eigenvalue weighted by molar-refractivity contribution is 9.09. The average Bonchev–Trinajstić information content (AvgIpc) is 3.53. The van der Waals surface area contributed by atoms with Crippen molar-refractivity contribution in [1.29, 1.82) is 5.26 Å². The maximum atomic E-state index is 11.8. The van der Waals surface area contributed by atoms with Crippen molar-refractivity contribution in [3.8, 4) is 17.6 Å². The Morgan fingerprint density at radius 1 is 0.789 bits per heavy atom. The Balaban J connectivity index is 0.000000242. The standard InChI is InChI=1S/C15H19BrO2.C15H20O2.C2H3N/c1-10-7-13(18-12-5-3-4-6-12)8-11(2)15(10)14(17)9-16;1-10-8-14(17-13-6-4-5-7-13)9-11(2)15(10)12(3)16;1-2-3/h7-8,12H,3-6,9H2,1-2H3;8-9,13H,4-7H2,1-3H3;1H3. The molecule has 6 heteroatoms. The van der Waals surface area contributed by atoms with Gasteiger partial charge < -0.3 is 9.47 Å². The van der Waals surface area contributed by atoms with Crippen molar-refractivity contribution < 1.29 is 19.1 Å². The van der Waals surface area contributed by atoms with Gasteiger partial charge in [-0.2, -0.15) is 5.26 Å². The van der Waals surface area contributed by atoms with Crippen LogP contribution in [-0.4, -0.2) is 29.1 Å². The van der Waals surface area contributed by atoms with E-state index < -0.39 is 0 Å². The number of nitrogens with zero attached hydrogens (tertiary/aromatic N) is 1. The van der Waals surface area contributed by atoms with Gasteiger partial charge in [0.05, 0.1) is 23.6 Å². The van der Waals surface area contributed by atoms with Crippen LogP contribution in [-0.2, 0) is 0 Å². The number of hydrogen-bond donors (Lipinski definition) is 0. The fourth-order valence-electron chi connectivity index (χ4n) is 5.44. The van der Waals surface area contributed by atoms with Gasteiger partial charge in [0.2, 0.25) is 0 Å². The average molecular weight is 585 g/mol. The van der Waals surface area contributed by atoms with E-state index in [1.54, 1.807) is 13.0 Å². The van der Waals surface area contributed by atoms with Crippen LogP contribution in [0.3, 0.4) is 0 Å². The number of alkyl halides is 1. The van der Waals surface area contributed by atoms with Crippen molar-refractivity contribution >= 4 is 27.5 Å². The summed E-state index contributed by atoms with van der Waals surface area (Å²) in [6.07, 6.45) is 10.4. The molecule has 2 aliphatic rings. The number of ketones is 2. The van der Waals surface area contributed by atoms with Crippen molar-refractivity contribution in [2.75, 3.05) is 5.33 Å². The number of Topliss-reactive ketones (excluding diaryl/α,β-unsaturated/α-hetero) is 2. The molecule has 0 spiro atoms. The molecule has 2 aliphatic carbocycles. The normalized spacial score (nSPS) is 15.0. The number of nitriles is 1. The Hall–Kier alpha value is -2.65. The summed E-state index contributed by atoms with van der Waals surface area (Å²) in [6, 6.07) is 9.70. The molecule has 0 aliphatic heterocycles. The Kier molecular flexibility index (Phi) is 13.0. The van der Waals surface area contributed by atoms with Crippen LogP contribution in [0.15, 0.2) is 24.3 Å². The monoisotopic (exact) mass is 583 g/mol. The number of halogens is 1. The van der Waals surface area contributed by atoms with Crippen molar-refractivity contribution in [1.82, 2.24) is 0 Å². The van der Waals surface area contributed by atoms with E-state index in [0.29, 0.717) is 17.5 Å². The quantitative estimate of drug-likeness (QED) is 0.241. The Bertz CT molecular complexity index is 1090. The minimum absolute atomic E-state index is 0.132. The van der Waals surface area contributed by atoms with Crippen LogP contribution < -0.4 is 9.47 Å². The van der Waals surface area contributed by atoms with Gasteiger partial charge in [-0.15, -0.1) is 0 Å². The molecule has 0 unspecified atom stereocenters. The minimum atomic E-state index is 0.132. The maximum absolute atomic E-state index is 11.8. The van der Waals surface area contributed by atoms with Gasteiger partial charge in [-0.05, 0) is 133 Å². The third-order valence-corrected chi connectivity index (χ3v) is 7.48. The highest BCUT2D eigenvalue weighted by atomic mass is 79.9. The van der Waals surface area contributed by atoms with Crippen molar-refractivity contribution in [2.45, 2.75) is 105 Å². The largest absolute Gasteiger partial charge is 0.490 e. The Morgan fingerprint density at radius 3 is 1.39 bits per heavy atom. The molecular weight excluding hydrogens is 542 g/mol. The SMILES string of the molecule is CC#N.CC(=O)c1c(C)cc(OC2CCCC2)cc1C.Cc1cc(OC2CCCC2)cc(C)c1C(=O)CBr. The summed E-state index contributed by atoms with van der Waals surface area (Å²) in [5.74, 6) is 2.09. The first-order chi connectivity index (χ1) is 18.1. The number of carbonyl (C=O) groups is 2. The summed E-state index contributed by atoms with van der Waals surface area (Å²) >= 11 is 3.23. The van der Waals surface area contributed by atoms with E-state index in [4.69, 9.17) is 14.7 Å². The predicted molar refractivity (Wildman–Crippen MR) is 157 cm³/mol. The number of rotatable bonds is 7. The van der Waals surface area contributed by atoms with Crippen LogP contribution in [0.1, 0.15) is 108 Å². The zero-order valence-corrected chi connectivity index (χ0v) is 25.4. The molecule has 0 aromatic heterocycles. The van der Waals surface area contributed by atoms with Crippen LogP contribution in [0.4, 0.5) is 0 Å². The smallest absolute Gasteiger partial charge is 0.173 e. The van der Waals surface area contributed by atoms with E-state index in [9.17, 15) is 9.59 Å². The van der Waals surface area contributed by atoms with Gasteiger partial charge in [0, 0.05) is 18.1 Å². The van der Waals surface area contributed by atoms with Gasteiger partial charge >= 0.3 is 0 Å². The third-order valence-electron chi connectivity index (χ3n) is 6.97. The fourth-order valence-corrected chi connectivity index (χ4v) is 5.72. The van der Waals surface area contributed by atoms with Crippen molar-refractivity contribution in [3.63, 3.8) is 0 Å². The second-order valence-corrected chi connectivity index (χ2v) is 10.8. The number of carbonyl (C=O) groups excluding carboxylic acids is 2. The molecule has 4 rings (SSSR count). The van der Waals surface area contributed by atoms with Crippen molar-refractivity contribution in [2.24, 2.45) is 0 Å². The molecular formula is C32H42BrNO4. The summed E-state index contributed by atoms with van der Waals surface area (Å²) in [5, 5.41) is 7.69. The molecule has 38 heavy (non-hydrogen) atoms. The second-order valence-electron chi connectivity index (χ2n) is 10.2. The van der Waals surface area contributed by atoms with E-state index in [1.807, 2.05) is 52.0 Å². The molecule has 0 heterocycles. The molecule has 0 atom stereocenters. The zero-order valence-electron chi connectivity index (χ0n) is 23.8. The lowest BCUT2D eigenvalue weighted by molar-refractivity contribution is 0.101. The molecule has 0 bridgehead atoms. The number of hydrogen-bond acceptors (Lipinski definition) is 5. The summed E-state index contributed by atoms with van der Waals surface area (Å²) in [5.41, 5.74) is 5.71. The lowest BCUT2D eigenvalue weighted by Gasteiger charge is -2.16. The molecule has 2 saturated carbocycles. The van der Waals surface area contributed by atoms with Crippen LogP contribution >= 0.6 is 15.9 Å².